The topological polar surface area (TPSA) is 76.1 Å². The highest BCUT2D eigenvalue weighted by Crippen LogP contribution is 2.47. The quantitative estimate of drug-likeness (QED) is 0.381. The van der Waals surface area contributed by atoms with E-state index in [0.29, 0.717) is 32.3 Å². The molecule has 6 nitrogen and oxygen atoms in total. The second-order valence-electron chi connectivity index (χ2n) is 8.86. The third kappa shape index (κ3) is 5.01. The van der Waals surface area contributed by atoms with Crippen LogP contribution in [0.5, 0.6) is 5.75 Å². The first-order chi connectivity index (χ1) is 14.6. The van der Waals surface area contributed by atoms with E-state index < -0.39 is 6.10 Å². The Morgan fingerprint density at radius 2 is 1.93 bits per heavy atom. The third-order valence-corrected chi connectivity index (χ3v) is 7.31. The molecule has 1 aliphatic carbocycles. The lowest BCUT2D eigenvalue weighted by atomic mass is 9.76. The number of rotatable bonds is 8. The van der Waals surface area contributed by atoms with E-state index in [1.807, 2.05) is 12.1 Å². The summed E-state index contributed by atoms with van der Waals surface area (Å²) in [6, 6.07) is 6.10. The van der Waals surface area contributed by atoms with E-state index in [-0.39, 0.29) is 23.8 Å². The molecule has 164 valence electrons. The summed E-state index contributed by atoms with van der Waals surface area (Å²) < 4.78 is 11.5. The Morgan fingerprint density at radius 3 is 2.70 bits per heavy atom. The number of imide groups is 1. The summed E-state index contributed by atoms with van der Waals surface area (Å²) in [5, 5.41) is 10.3. The molecule has 0 bridgehead atoms. The Balaban J connectivity index is 1.17. The van der Waals surface area contributed by atoms with Crippen LogP contribution in [0, 0.1) is 5.41 Å². The summed E-state index contributed by atoms with van der Waals surface area (Å²) in [4.78, 5) is 27.3. The molecule has 0 radical (unpaired) electrons. The summed E-state index contributed by atoms with van der Waals surface area (Å²) in [5.41, 5.74) is 1.13. The summed E-state index contributed by atoms with van der Waals surface area (Å²) in [6.45, 7) is 1.32. The highest BCUT2D eigenvalue weighted by Gasteiger charge is 2.45. The number of amides is 2. The maximum Gasteiger partial charge on any atom is 0.229 e. The van der Waals surface area contributed by atoms with Crippen LogP contribution in [-0.2, 0) is 20.2 Å². The average Bonchev–Trinajstić information content (AvgIpc) is 3.18. The van der Waals surface area contributed by atoms with Gasteiger partial charge in [0, 0.05) is 24.9 Å². The van der Waals surface area contributed by atoms with Crippen LogP contribution in [0.4, 0.5) is 0 Å². The zero-order valence-corrected chi connectivity index (χ0v) is 18.3. The van der Waals surface area contributed by atoms with E-state index in [9.17, 15) is 14.7 Å². The molecule has 2 fully saturated rings. The first-order valence-electron chi connectivity index (χ1n) is 11.1. The van der Waals surface area contributed by atoms with Gasteiger partial charge in [-0.2, -0.15) is 0 Å². The van der Waals surface area contributed by atoms with Gasteiger partial charge < -0.3 is 14.0 Å². The molecule has 30 heavy (non-hydrogen) atoms. The van der Waals surface area contributed by atoms with Crippen molar-refractivity contribution in [1.29, 1.82) is 0 Å². The Morgan fingerprint density at radius 1 is 1.17 bits per heavy atom. The number of hydrogen-bond acceptors (Lipinski definition) is 6. The Bertz CT molecular complexity index is 757. The molecule has 2 heterocycles. The molecular weight excluding hydrogens is 402 g/mol. The van der Waals surface area contributed by atoms with Crippen LogP contribution in [0.1, 0.15) is 63.4 Å². The van der Waals surface area contributed by atoms with Gasteiger partial charge in [-0.05, 0) is 55.6 Å². The van der Waals surface area contributed by atoms with Crippen molar-refractivity contribution in [3.05, 3.63) is 23.8 Å². The van der Waals surface area contributed by atoms with Gasteiger partial charge in [0.25, 0.3) is 0 Å². The predicted molar refractivity (Wildman–Crippen MR) is 114 cm³/mol. The lowest BCUT2D eigenvalue weighted by molar-refractivity contribution is -0.155. The van der Waals surface area contributed by atoms with Gasteiger partial charge in [-0.15, -0.1) is 0 Å². The van der Waals surface area contributed by atoms with E-state index in [1.165, 1.54) is 22.5 Å². The summed E-state index contributed by atoms with van der Waals surface area (Å²) >= 11 is 1.31. The molecule has 1 atom stereocenters. The molecule has 0 aromatic heterocycles. The van der Waals surface area contributed by atoms with Crippen molar-refractivity contribution in [1.82, 2.24) is 4.90 Å². The monoisotopic (exact) mass is 433 g/mol. The summed E-state index contributed by atoms with van der Waals surface area (Å²) in [7, 11) is 0. The number of fused-ring (bicyclic) bond motifs is 1. The lowest BCUT2D eigenvalue weighted by Crippen LogP contribution is -2.49. The highest BCUT2D eigenvalue weighted by atomic mass is 32.2. The van der Waals surface area contributed by atoms with E-state index in [2.05, 4.69) is 6.07 Å². The van der Waals surface area contributed by atoms with Crippen LogP contribution in [0.3, 0.4) is 0 Å². The van der Waals surface area contributed by atoms with Crippen LogP contribution >= 0.6 is 12.0 Å². The fraction of sp³-hybridized carbons (Fsp3) is 0.652. The van der Waals surface area contributed by atoms with Gasteiger partial charge in [0.1, 0.15) is 5.75 Å². The smallest absolute Gasteiger partial charge is 0.229 e. The molecule has 1 aromatic rings. The number of hydrogen-bond donors (Lipinski definition) is 1. The number of piperidine rings is 1. The molecule has 2 aliphatic heterocycles. The Hall–Kier alpha value is -1.57. The number of aliphatic hydroxyl groups is 1. The number of ether oxygens (including phenoxy) is 1. The number of aliphatic hydroxyl groups excluding tert-OH is 1. The predicted octanol–water partition coefficient (Wildman–Crippen LogP) is 3.89. The summed E-state index contributed by atoms with van der Waals surface area (Å²) in [6.07, 6.45) is 7.60. The van der Waals surface area contributed by atoms with Gasteiger partial charge in [0.15, 0.2) is 0 Å². The molecule has 3 aliphatic rings. The number of carbonyl (C=O) groups excluding carboxylic acids is 2. The number of para-hydroxylation sites is 1. The van der Waals surface area contributed by atoms with E-state index in [1.54, 1.807) is 0 Å². The molecule has 7 heteroatoms. The van der Waals surface area contributed by atoms with Crippen molar-refractivity contribution in [2.45, 2.75) is 75.2 Å². The van der Waals surface area contributed by atoms with E-state index >= 15 is 0 Å². The van der Waals surface area contributed by atoms with Crippen LogP contribution in [0.25, 0.3) is 0 Å². The van der Waals surface area contributed by atoms with Gasteiger partial charge in [0.05, 0.1) is 30.8 Å². The fourth-order valence-corrected chi connectivity index (χ4v) is 5.65. The molecule has 1 aromatic carbocycles. The highest BCUT2D eigenvalue weighted by molar-refractivity contribution is 7.94. The SMILES string of the molecule is O=C1CC2(CCCC2)CC(=O)N1CC(O)CCCOSc1cccc2c1OCCC2. The van der Waals surface area contributed by atoms with Crippen LogP contribution in [-0.4, -0.2) is 47.7 Å². The number of benzene rings is 1. The normalized spacial score (nSPS) is 21.6. The molecule has 1 unspecified atom stereocenters. The third-order valence-electron chi connectivity index (χ3n) is 6.52. The molecule has 1 saturated heterocycles. The van der Waals surface area contributed by atoms with Crippen molar-refractivity contribution >= 4 is 23.9 Å². The standard InChI is InChI=1S/C23H31NO5S/c25-18(16-24-20(26)14-23(15-21(24)27)10-1-2-11-23)8-5-13-29-30-19-9-3-6-17-7-4-12-28-22(17)19/h3,6,9,18,25H,1-2,4-5,7-8,10-16H2. The maximum atomic E-state index is 12.5. The number of β-amino-alcohol motifs (C(OH)–C–C–N with tert-alkyl or cyclic N) is 1. The van der Waals surface area contributed by atoms with Crippen LogP contribution in [0.15, 0.2) is 23.1 Å². The van der Waals surface area contributed by atoms with E-state index in [4.69, 9.17) is 8.92 Å². The van der Waals surface area contributed by atoms with Crippen molar-refractivity contribution in [2.24, 2.45) is 5.41 Å². The zero-order chi connectivity index (χ0) is 21.0. The van der Waals surface area contributed by atoms with Crippen molar-refractivity contribution in [2.75, 3.05) is 19.8 Å². The van der Waals surface area contributed by atoms with E-state index in [0.717, 1.165) is 55.8 Å². The molecular formula is C23H31NO5S. The summed E-state index contributed by atoms with van der Waals surface area (Å²) in [5.74, 6) is 0.691. The molecule has 4 rings (SSSR count). The molecule has 1 saturated carbocycles. The minimum absolute atomic E-state index is 0.0962. The number of aryl methyl sites for hydroxylation is 1. The molecule has 1 spiro atoms. The van der Waals surface area contributed by atoms with Crippen LogP contribution < -0.4 is 4.74 Å². The minimum atomic E-state index is -0.711. The average molecular weight is 434 g/mol. The second-order valence-corrected chi connectivity index (χ2v) is 9.70. The molecule has 1 N–H and O–H groups in total. The number of carbonyl (C=O) groups is 2. The van der Waals surface area contributed by atoms with Crippen molar-refractivity contribution in [3.63, 3.8) is 0 Å². The maximum absolute atomic E-state index is 12.5. The van der Waals surface area contributed by atoms with Gasteiger partial charge in [-0.1, -0.05) is 25.0 Å². The first-order valence-corrected chi connectivity index (χ1v) is 11.9. The lowest BCUT2D eigenvalue weighted by Gasteiger charge is -2.37. The van der Waals surface area contributed by atoms with Crippen molar-refractivity contribution < 1.29 is 23.6 Å². The van der Waals surface area contributed by atoms with Gasteiger partial charge in [-0.25, -0.2) is 0 Å². The number of likely N-dealkylation sites (tertiary alicyclic amines) is 1. The fourth-order valence-electron chi connectivity index (χ4n) is 4.93. The Kier molecular flexibility index (Phi) is 7.01. The van der Waals surface area contributed by atoms with Gasteiger partial charge >= 0.3 is 0 Å². The van der Waals surface area contributed by atoms with Crippen molar-refractivity contribution in [3.8, 4) is 5.75 Å². The largest absolute Gasteiger partial charge is 0.492 e. The first kappa shape index (κ1) is 21.7. The minimum Gasteiger partial charge on any atom is -0.492 e. The Labute approximate surface area is 182 Å². The zero-order valence-electron chi connectivity index (χ0n) is 17.4. The number of nitrogens with zero attached hydrogens (tertiary/aromatic N) is 1. The van der Waals surface area contributed by atoms with Gasteiger partial charge in [0.2, 0.25) is 11.8 Å². The molecule has 2 amide bonds. The van der Waals surface area contributed by atoms with Crippen LogP contribution in [0.2, 0.25) is 0 Å². The second kappa shape index (κ2) is 9.71. The van der Waals surface area contributed by atoms with Gasteiger partial charge in [-0.3, -0.25) is 14.5 Å².